The smallest absolute Gasteiger partial charge is 0.231 e. The summed E-state index contributed by atoms with van der Waals surface area (Å²) >= 11 is 0. The molecule has 82 valence electrons. The van der Waals surface area contributed by atoms with Gasteiger partial charge in [0.05, 0.1) is 6.17 Å². The van der Waals surface area contributed by atoms with Crippen LogP contribution in [0.5, 0.6) is 11.5 Å². The molecule has 0 bridgehead atoms. The molecule has 1 heterocycles. The van der Waals surface area contributed by atoms with Crippen LogP contribution in [0.3, 0.4) is 0 Å². The Hall–Kier alpha value is -1.26. The number of aryl methyl sites for hydroxylation is 1. The molecule has 0 unspecified atom stereocenters. The molecule has 2 rings (SSSR count). The van der Waals surface area contributed by atoms with Crippen LogP contribution in [0.15, 0.2) is 12.1 Å². The Balaban J connectivity index is 2.39. The summed E-state index contributed by atoms with van der Waals surface area (Å²) in [6.07, 6.45) is 0.138. The van der Waals surface area contributed by atoms with Gasteiger partial charge in [0.15, 0.2) is 11.5 Å². The predicted molar refractivity (Wildman–Crippen MR) is 58.2 cm³/mol. The van der Waals surface area contributed by atoms with Gasteiger partial charge in [-0.1, -0.05) is 0 Å². The van der Waals surface area contributed by atoms with Crippen LogP contribution in [0.4, 0.5) is 0 Å². The number of hydrogen-bond donors (Lipinski definition) is 2. The van der Waals surface area contributed by atoms with Crippen LogP contribution in [-0.2, 0) is 0 Å². The first-order valence-corrected chi connectivity index (χ1v) is 5.01. The molecule has 0 aromatic heterocycles. The van der Waals surface area contributed by atoms with Crippen molar-refractivity contribution in [1.29, 1.82) is 0 Å². The van der Waals surface area contributed by atoms with Crippen molar-refractivity contribution in [2.45, 2.75) is 13.1 Å². The highest BCUT2D eigenvalue weighted by Gasteiger charge is 2.18. The lowest BCUT2D eigenvalue weighted by atomic mass is 10.1. The number of hydrogen-bond acceptors (Lipinski definition) is 4. The van der Waals surface area contributed by atoms with E-state index in [4.69, 9.17) is 9.47 Å². The summed E-state index contributed by atoms with van der Waals surface area (Å²) in [6, 6.07) is 4.04. The molecular weight excluding hydrogens is 192 g/mol. The van der Waals surface area contributed by atoms with Gasteiger partial charge in [-0.15, -0.1) is 0 Å². The first-order valence-electron chi connectivity index (χ1n) is 5.01. The molecule has 0 saturated heterocycles. The van der Waals surface area contributed by atoms with E-state index in [0.717, 1.165) is 11.5 Å². The van der Waals surface area contributed by atoms with Crippen LogP contribution in [-0.4, -0.2) is 20.9 Å². The molecule has 0 atom stereocenters. The maximum absolute atomic E-state index is 5.36. The molecule has 0 radical (unpaired) electrons. The molecular formula is C11H16N2O2. The third kappa shape index (κ3) is 1.78. The van der Waals surface area contributed by atoms with Gasteiger partial charge in [0.25, 0.3) is 0 Å². The second-order valence-electron chi connectivity index (χ2n) is 3.57. The summed E-state index contributed by atoms with van der Waals surface area (Å²) in [6.45, 7) is 2.39. The molecule has 4 nitrogen and oxygen atoms in total. The first kappa shape index (κ1) is 10.3. The quantitative estimate of drug-likeness (QED) is 0.731. The summed E-state index contributed by atoms with van der Waals surface area (Å²) in [4.78, 5) is 0. The lowest BCUT2D eigenvalue weighted by Gasteiger charge is -2.18. The average Bonchev–Trinajstić information content (AvgIpc) is 2.67. The van der Waals surface area contributed by atoms with Crippen LogP contribution >= 0.6 is 0 Å². The summed E-state index contributed by atoms with van der Waals surface area (Å²) in [5.74, 6) is 1.66. The molecule has 15 heavy (non-hydrogen) atoms. The minimum absolute atomic E-state index is 0.138. The summed E-state index contributed by atoms with van der Waals surface area (Å²) in [5, 5.41) is 6.39. The lowest BCUT2D eigenvalue weighted by molar-refractivity contribution is 0.174. The molecule has 0 saturated carbocycles. The molecule has 4 heteroatoms. The fourth-order valence-corrected chi connectivity index (χ4v) is 1.83. The third-order valence-corrected chi connectivity index (χ3v) is 2.65. The standard InChI is InChI=1S/C11H16N2O2/c1-7-4-9-10(15-6-14-9)5-8(7)11(12-2)13-3/h4-5,11-13H,6H2,1-3H3. The number of nitrogens with one attached hydrogen (secondary N) is 2. The molecule has 0 fully saturated rings. The van der Waals surface area contributed by atoms with Gasteiger partial charge in [-0.05, 0) is 44.3 Å². The molecule has 1 aromatic rings. The maximum atomic E-state index is 5.36. The monoisotopic (exact) mass is 208 g/mol. The number of rotatable bonds is 3. The van der Waals surface area contributed by atoms with Gasteiger partial charge in [0, 0.05) is 0 Å². The second-order valence-corrected chi connectivity index (χ2v) is 3.57. The summed E-state index contributed by atoms with van der Waals surface area (Å²) in [7, 11) is 3.84. The Bertz CT molecular complexity index is 362. The van der Waals surface area contributed by atoms with Gasteiger partial charge < -0.3 is 20.1 Å². The zero-order valence-corrected chi connectivity index (χ0v) is 9.26. The van der Waals surface area contributed by atoms with E-state index >= 15 is 0 Å². The van der Waals surface area contributed by atoms with E-state index in [1.54, 1.807) is 0 Å². The van der Waals surface area contributed by atoms with Crippen molar-refractivity contribution in [1.82, 2.24) is 10.6 Å². The van der Waals surface area contributed by atoms with Crippen molar-refractivity contribution in [2.24, 2.45) is 0 Å². The molecule has 0 amide bonds. The van der Waals surface area contributed by atoms with Crippen LogP contribution in [0.2, 0.25) is 0 Å². The average molecular weight is 208 g/mol. The van der Waals surface area contributed by atoms with Gasteiger partial charge in [-0.25, -0.2) is 0 Å². The van der Waals surface area contributed by atoms with Crippen LogP contribution in [0.1, 0.15) is 17.3 Å². The van der Waals surface area contributed by atoms with E-state index in [0.29, 0.717) is 6.79 Å². The number of ether oxygens (including phenoxy) is 2. The SMILES string of the molecule is CNC(NC)c1cc2c(cc1C)OCO2. The Morgan fingerprint density at radius 3 is 2.33 bits per heavy atom. The summed E-state index contributed by atoms with van der Waals surface area (Å²) in [5.41, 5.74) is 2.37. The second kappa shape index (κ2) is 4.08. The zero-order chi connectivity index (χ0) is 10.8. The van der Waals surface area contributed by atoms with Crippen molar-refractivity contribution in [3.8, 4) is 11.5 Å². The Morgan fingerprint density at radius 1 is 1.13 bits per heavy atom. The molecule has 0 aliphatic carbocycles. The van der Waals surface area contributed by atoms with Crippen LogP contribution < -0.4 is 20.1 Å². The highest BCUT2D eigenvalue weighted by molar-refractivity contribution is 5.49. The Kier molecular flexibility index (Phi) is 2.79. The zero-order valence-electron chi connectivity index (χ0n) is 9.26. The summed E-state index contributed by atoms with van der Waals surface area (Å²) < 4.78 is 10.7. The van der Waals surface area contributed by atoms with Gasteiger partial charge >= 0.3 is 0 Å². The highest BCUT2D eigenvalue weighted by atomic mass is 16.7. The van der Waals surface area contributed by atoms with Crippen molar-refractivity contribution >= 4 is 0 Å². The van der Waals surface area contributed by atoms with E-state index < -0.39 is 0 Å². The van der Waals surface area contributed by atoms with Crippen molar-refractivity contribution in [3.05, 3.63) is 23.3 Å². The van der Waals surface area contributed by atoms with E-state index in [2.05, 4.69) is 17.6 Å². The minimum atomic E-state index is 0.138. The molecule has 1 aromatic carbocycles. The van der Waals surface area contributed by atoms with Gasteiger partial charge in [-0.2, -0.15) is 0 Å². The molecule has 1 aliphatic rings. The van der Waals surface area contributed by atoms with Crippen LogP contribution in [0, 0.1) is 6.92 Å². The number of benzene rings is 1. The number of fused-ring (bicyclic) bond motifs is 1. The lowest BCUT2D eigenvalue weighted by Crippen LogP contribution is -2.29. The van der Waals surface area contributed by atoms with Crippen molar-refractivity contribution in [3.63, 3.8) is 0 Å². The van der Waals surface area contributed by atoms with E-state index in [9.17, 15) is 0 Å². The predicted octanol–water partition coefficient (Wildman–Crippen LogP) is 1.16. The van der Waals surface area contributed by atoms with Crippen molar-refractivity contribution in [2.75, 3.05) is 20.9 Å². The van der Waals surface area contributed by atoms with Crippen molar-refractivity contribution < 1.29 is 9.47 Å². The minimum Gasteiger partial charge on any atom is -0.454 e. The molecule has 0 spiro atoms. The largest absolute Gasteiger partial charge is 0.454 e. The molecule has 1 aliphatic heterocycles. The fourth-order valence-electron chi connectivity index (χ4n) is 1.83. The third-order valence-electron chi connectivity index (χ3n) is 2.65. The highest BCUT2D eigenvalue weighted by Crippen LogP contribution is 2.35. The maximum Gasteiger partial charge on any atom is 0.231 e. The van der Waals surface area contributed by atoms with Gasteiger partial charge in [0.1, 0.15) is 0 Å². The van der Waals surface area contributed by atoms with E-state index in [1.165, 1.54) is 11.1 Å². The Morgan fingerprint density at radius 2 is 1.73 bits per heavy atom. The van der Waals surface area contributed by atoms with Gasteiger partial charge in [0.2, 0.25) is 6.79 Å². The first-order chi connectivity index (χ1) is 7.26. The topological polar surface area (TPSA) is 42.5 Å². The molecule has 2 N–H and O–H groups in total. The van der Waals surface area contributed by atoms with E-state index in [1.807, 2.05) is 26.2 Å². The Labute approximate surface area is 89.6 Å². The van der Waals surface area contributed by atoms with Gasteiger partial charge in [-0.3, -0.25) is 0 Å². The normalized spacial score (nSPS) is 13.6. The van der Waals surface area contributed by atoms with Crippen LogP contribution in [0.25, 0.3) is 0 Å². The fraction of sp³-hybridized carbons (Fsp3) is 0.455. The van der Waals surface area contributed by atoms with E-state index in [-0.39, 0.29) is 6.17 Å².